The Balaban J connectivity index is 2.56. The molecule has 0 aliphatic rings. The van der Waals surface area contributed by atoms with Gasteiger partial charge < -0.3 is 11.1 Å². The predicted octanol–water partition coefficient (Wildman–Crippen LogP) is 0.707. The van der Waals surface area contributed by atoms with Crippen molar-refractivity contribution in [3.63, 3.8) is 0 Å². The zero-order chi connectivity index (χ0) is 14.3. The lowest BCUT2D eigenvalue weighted by atomic mass is 10.2. The molecule has 0 spiro atoms. The molecule has 1 heterocycles. The molecule has 0 radical (unpaired) electrons. The Morgan fingerprint density at radius 2 is 2.32 bits per heavy atom. The number of hydrogen-bond acceptors (Lipinski definition) is 4. The third-order valence-corrected chi connectivity index (χ3v) is 3.16. The Hall–Kier alpha value is -1.81. The van der Waals surface area contributed by atoms with Gasteiger partial charge in [-0.05, 0) is 28.8 Å². The van der Waals surface area contributed by atoms with E-state index in [-0.39, 0.29) is 18.0 Å². The maximum atomic E-state index is 11.8. The van der Waals surface area contributed by atoms with Gasteiger partial charge in [0.25, 0.3) is 5.56 Å². The molecule has 1 aromatic heterocycles. The van der Waals surface area contributed by atoms with Gasteiger partial charge in [-0.3, -0.25) is 9.59 Å². The normalized spacial score (nSPS) is 9.89. The molecule has 0 atom stereocenters. The molecule has 1 rings (SSSR count). The smallest absolute Gasteiger partial charge is 0.284 e. The van der Waals surface area contributed by atoms with Gasteiger partial charge in [0, 0.05) is 13.0 Å². The molecule has 0 saturated carbocycles. The summed E-state index contributed by atoms with van der Waals surface area (Å²) in [5.74, 6) is 2.05. The van der Waals surface area contributed by atoms with Gasteiger partial charge >= 0.3 is 0 Å². The van der Waals surface area contributed by atoms with Crippen molar-refractivity contribution in [2.45, 2.75) is 25.8 Å². The molecule has 0 aromatic carbocycles. The zero-order valence-electron chi connectivity index (χ0n) is 10.4. The minimum absolute atomic E-state index is 0.135. The number of halogens is 1. The predicted molar refractivity (Wildman–Crippen MR) is 76.6 cm³/mol. The molecule has 19 heavy (non-hydrogen) atoms. The first-order chi connectivity index (χ1) is 9.06. The average Bonchev–Trinajstić information content (AvgIpc) is 2.37. The molecule has 0 aliphatic carbocycles. The van der Waals surface area contributed by atoms with Crippen molar-refractivity contribution >= 4 is 27.5 Å². The molecule has 7 heteroatoms. The molecular formula is C12H15BrN4O2. The van der Waals surface area contributed by atoms with Crippen molar-refractivity contribution in [1.82, 2.24) is 9.78 Å². The fourth-order valence-electron chi connectivity index (χ4n) is 1.43. The highest BCUT2D eigenvalue weighted by molar-refractivity contribution is 9.10. The van der Waals surface area contributed by atoms with Crippen LogP contribution in [0.3, 0.4) is 0 Å². The van der Waals surface area contributed by atoms with Crippen molar-refractivity contribution in [2.75, 3.05) is 11.9 Å². The van der Waals surface area contributed by atoms with Gasteiger partial charge in [-0.1, -0.05) is 5.92 Å². The quantitative estimate of drug-likeness (QED) is 0.570. The fourth-order valence-corrected chi connectivity index (χ4v) is 1.88. The first-order valence-corrected chi connectivity index (χ1v) is 6.56. The van der Waals surface area contributed by atoms with Crippen LogP contribution in [0.25, 0.3) is 0 Å². The van der Waals surface area contributed by atoms with Gasteiger partial charge in [0.15, 0.2) is 0 Å². The number of aromatic nitrogens is 2. The van der Waals surface area contributed by atoms with Crippen molar-refractivity contribution in [1.29, 1.82) is 0 Å². The van der Waals surface area contributed by atoms with E-state index in [0.29, 0.717) is 29.5 Å². The number of nitrogens with zero attached hydrogens (tertiary/aromatic N) is 2. The number of carbonyl (C=O) groups is 1. The van der Waals surface area contributed by atoms with E-state index in [1.54, 1.807) is 0 Å². The second kappa shape index (κ2) is 7.59. The first kappa shape index (κ1) is 15.2. The van der Waals surface area contributed by atoms with Crippen LogP contribution in [0, 0.1) is 12.3 Å². The number of carbonyl (C=O) groups excluding carboxylic acids is 1. The molecule has 0 unspecified atom stereocenters. The van der Waals surface area contributed by atoms with Gasteiger partial charge in [-0.2, -0.15) is 5.10 Å². The molecular weight excluding hydrogens is 312 g/mol. The van der Waals surface area contributed by atoms with Crippen LogP contribution in [0.4, 0.5) is 5.69 Å². The van der Waals surface area contributed by atoms with Crippen LogP contribution >= 0.6 is 15.9 Å². The Labute approximate surface area is 119 Å². The van der Waals surface area contributed by atoms with E-state index >= 15 is 0 Å². The maximum Gasteiger partial charge on any atom is 0.284 e. The number of anilines is 1. The standard InChI is InChI=1S/C12H15BrN4O2/c1-2-7-17-12(19)11(13)9(8-16-17)15-6-4-3-5-10(14)18/h1,8,15H,3-7H2,(H2,14,18). The summed E-state index contributed by atoms with van der Waals surface area (Å²) in [7, 11) is 0. The number of nitrogens with two attached hydrogens (primary N) is 1. The first-order valence-electron chi connectivity index (χ1n) is 5.77. The summed E-state index contributed by atoms with van der Waals surface area (Å²) >= 11 is 3.21. The molecule has 1 amide bonds. The number of nitrogens with one attached hydrogen (secondary N) is 1. The van der Waals surface area contributed by atoms with Crippen LogP contribution in [-0.2, 0) is 11.3 Å². The average molecular weight is 327 g/mol. The van der Waals surface area contributed by atoms with Crippen LogP contribution in [0.2, 0.25) is 0 Å². The largest absolute Gasteiger partial charge is 0.383 e. The van der Waals surface area contributed by atoms with Crippen LogP contribution in [0.5, 0.6) is 0 Å². The summed E-state index contributed by atoms with van der Waals surface area (Å²) in [6, 6.07) is 0. The monoisotopic (exact) mass is 326 g/mol. The Kier molecular flexibility index (Phi) is 6.09. The number of amides is 1. The van der Waals surface area contributed by atoms with E-state index in [2.05, 4.69) is 32.3 Å². The second-order valence-corrected chi connectivity index (χ2v) is 4.68. The molecule has 0 bridgehead atoms. The van der Waals surface area contributed by atoms with Gasteiger partial charge in [0.05, 0.1) is 11.9 Å². The van der Waals surface area contributed by atoms with Gasteiger partial charge in [0.1, 0.15) is 11.0 Å². The number of hydrogen-bond donors (Lipinski definition) is 2. The zero-order valence-corrected chi connectivity index (χ0v) is 11.9. The third-order valence-electron chi connectivity index (χ3n) is 2.39. The van der Waals surface area contributed by atoms with E-state index in [4.69, 9.17) is 12.2 Å². The van der Waals surface area contributed by atoms with Crippen LogP contribution in [0.1, 0.15) is 19.3 Å². The van der Waals surface area contributed by atoms with Crippen LogP contribution in [-0.4, -0.2) is 22.2 Å². The molecule has 0 saturated heterocycles. The Morgan fingerprint density at radius 1 is 1.58 bits per heavy atom. The van der Waals surface area contributed by atoms with Crippen LogP contribution < -0.4 is 16.6 Å². The highest BCUT2D eigenvalue weighted by Crippen LogP contribution is 2.16. The summed E-state index contributed by atoms with van der Waals surface area (Å²) < 4.78 is 1.59. The van der Waals surface area contributed by atoms with E-state index in [9.17, 15) is 9.59 Å². The van der Waals surface area contributed by atoms with Crippen molar-refractivity contribution in [3.8, 4) is 12.3 Å². The minimum atomic E-state index is -0.306. The lowest BCUT2D eigenvalue weighted by Gasteiger charge is -2.08. The molecule has 0 fully saturated rings. The Bertz CT molecular complexity index is 548. The molecule has 102 valence electrons. The van der Waals surface area contributed by atoms with E-state index in [0.717, 1.165) is 6.42 Å². The van der Waals surface area contributed by atoms with Gasteiger partial charge in [-0.15, -0.1) is 6.42 Å². The lowest BCUT2D eigenvalue weighted by Crippen LogP contribution is -2.24. The van der Waals surface area contributed by atoms with Crippen molar-refractivity contribution in [3.05, 3.63) is 21.0 Å². The van der Waals surface area contributed by atoms with Crippen LogP contribution in [0.15, 0.2) is 15.5 Å². The van der Waals surface area contributed by atoms with E-state index in [1.807, 2.05) is 0 Å². The topological polar surface area (TPSA) is 90.0 Å². The summed E-state index contributed by atoms with van der Waals surface area (Å²) in [5.41, 5.74) is 5.37. The highest BCUT2D eigenvalue weighted by Gasteiger charge is 2.07. The summed E-state index contributed by atoms with van der Waals surface area (Å²) in [4.78, 5) is 22.4. The highest BCUT2D eigenvalue weighted by atomic mass is 79.9. The van der Waals surface area contributed by atoms with Crippen molar-refractivity contribution < 1.29 is 4.79 Å². The van der Waals surface area contributed by atoms with E-state index in [1.165, 1.54) is 10.9 Å². The number of terminal acetylenes is 1. The van der Waals surface area contributed by atoms with Gasteiger partial charge in [-0.25, -0.2) is 4.68 Å². The maximum absolute atomic E-state index is 11.8. The summed E-state index contributed by atoms with van der Waals surface area (Å²) in [6.45, 7) is 0.766. The molecule has 3 N–H and O–H groups in total. The fraction of sp³-hybridized carbons (Fsp3) is 0.417. The summed E-state index contributed by atoms with van der Waals surface area (Å²) in [5, 5.41) is 7.02. The summed E-state index contributed by atoms with van der Waals surface area (Å²) in [6.07, 6.45) is 8.53. The molecule has 6 nitrogen and oxygen atoms in total. The Morgan fingerprint density at radius 3 is 2.95 bits per heavy atom. The lowest BCUT2D eigenvalue weighted by molar-refractivity contribution is -0.118. The van der Waals surface area contributed by atoms with E-state index < -0.39 is 0 Å². The number of primary amides is 1. The van der Waals surface area contributed by atoms with Gasteiger partial charge in [0.2, 0.25) is 5.91 Å². The van der Waals surface area contributed by atoms with Crippen molar-refractivity contribution in [2.24, 2.45) is 5.73 Å². The minimum Gasteiger partial charge on any atom is -0.383 e. The SMILES string of the molecule is C#CCn1ncc(NCCCCC(N)=O)c(Br)c1=O. The third kappa shape index (κ3) is 4.75. The second-order valence-electron chi connectivity index (χ2n) is 3.89. The molecule has 0 aliphatic heterocycles. The molecule has 1 aromatic rings. The number of rotatable bonds is 7. The number of unbranched alkanes of at least 4 members (excludes halogenated alkanes) is 1.